The first-order valence-electron chi connectivity index (χ1n) is 9.01. The van der Waals surface area contributed by atoms with Gasteiger partial charge in [0.25, 0.3) is 0 Å². The molecule has 7 nitrogen and oxygen atoms in total. The van der Waals surface area contributed by atoms with E-state index in [1.165, 1.54) is 18.3 Å². The van der Waals surface area contributed by atoms with Crippen molar-refractivity contribution in [2.45, 2.75) is 12.7 Å². The van der Waals surface area contributed by atoms with Crippen LogP contribution < -0.4 is 15.5 Å². The first-order valence-corrected chi connectivity index (χ1v) is 9.83. The van der Waals surface area contributed by atoms with Gasteiger partial charge in [-0.15, -0.1) is 11.3 Å². The second-order valence-electron chi connectivity index (χ2n) is 6.63. The van der Waals surface area contributed by atoms with Crippen LogP contribution in [0.4, 0.5) is 29.1 Å². The van der Waals surface area contributed by atoms with Crippen molar-refractivity contribution in [3.63, 3.8) is 0 Å². The van der Waals surface area contributed by atoms with E-state index in [2.05, 4.69) is 20.0 Å². The number of benzene rings is 1. The fourth-order valence-electron chi connectivity index (χ4n) is 3.12. The molecule has 1 aliphatic rings. The van der Waals surface area contributed by atoms with E-state index in [1.54, 1.807) is 12.1 Å². The normalized spacial score (nSPS) is 14.9. The van der Waals surface area contributed by atoms with Crippen LogP contribution >= 0.6 is 11.3 Å². The molecular weight excluding hydrogens is 424 g/mol. The largest absolute Gasteiger partial charge is 0.443 e. The lowest BCUT2D eigenvalue weighted by Crippen LogP contribution is -2.47. The predicted octanol–water partition coefficient (Wildman–Crippen LogP) is 2.63. The highest BCUT2D eigenvalue weighted by Crippen LogP contribution is 2.32. The third-order valence-electron chi connectivity index (χ3n) is 4.64. The van der Waals surface area contributed by atoms with Gasteiger partial charge in [0.2, 0.25) is 0 Å². The molecule has 0 bridgehead atoms. The number of alkyl halides is 3. The quantitative estimate of drug-likeness (QED) is 0.581. The van der Waals surface area contributed by atoms with Crippen LogP contribution in [0.2, 0.25) is 0 Å². The van der Waals surface area contributed by atoms with Crippen LogP contribution in [0.3, 0.4) is 0 Å². The zero-order valence-corrected chi connectivity index (χ0v) is 16.3. The Labute approximate surface area is 172 Å². The van der Waals surface area contributed by atoms with Crippen LogP contribution in [0.1, 0.15) is 9.88 Å². The molecule has 0 spiro atoms. The minimum atomic E-state index is -4.51. The predicted molar refractivity (Wildman–Crippen MR) is 103 cm³/mol. The van der Waals surface area contributed by atoms with E-state index in [0.717, 1.165) is 16.6 Å². The van der Waals surface area contributed by atoms with E-state index < -0.39 is 16.9 Å². The Kier molecular flexibility index (Phi) is 5.41. The van der Waals surface area contributed by atoms with Gasteiger partial charge in [-0.25, -0.2) is 18.9 Å². The molecule has 0 saturated carbocycles. The molecule has 1 fully saturated rings. The van der Waals surface area contributed by atoms with Gasteiger partial charge in [0, 0.05) is 42.9 Å². The molecule has 1 aliphatic heterocycles. The highest BCUT2D eigenvalue weighted by Gasteiger charge is 2.34. The van der Waals surface area contributed by atoms with Crippen LogP contribution in [-0.2, 0) is 12.7 Å². The molecular formula is C18H16F4N6OS. The summed E-state index contributed by atoms with van der Waals surface area (Å²) < 4.78 is 52.1. The summed E-state index contributed by atoms with van der Waals surface area (Å²) in [6.45, 7) is 2.39. The van der Waals surface area contributed by atoms with E-state index in [-0.39, 0.29) is 17.2 Å². The lowest BCUT2D eigenvalue weighted by Gasteiger charge is -2.36. The fraction of sp³-hybridized carbons (Fsp3) is 0.333. The number of hydrogen-bond donors (Lipinski definition) is 0. The molecule has 0 atom stereocenters. The van der Waals surface area contributed by atoms with Crippen molar-refractivity contribution in [2.24, 2.45) is 0 Å². The lowest BCUT2D eigenvalue weighted by molar-refractivity contribution is -0.137. The average molecular weight is 440 g/mol. The molecule has 158 valence electrons. The lowest BCUT2D eigenvalue weighted by atomic mass is 10.2. The molecule has 30 heavy (non-hydrogen) atoms. The third-order valence-corrected chi connectivity index (χ3v) is 5.67. The van der Waals surface area contributed by atoms with Crippen molar-refractivity contribution in [1.82, 2.24) is 19.7 Å². The molecule has 4 rings (SSSR count). The number of piperazine rings is 1. The maximum Gasteiger partial charge on any atom is 0.443 e. The Morgan fingerprint density at radius 3 is 2.27 bits per heavy atom. The topological polar surface area (TPSA) is 67.2 Å². The summed E-state index contributed by atoms with van der Waals surface area (Å²) in [5.74, 6) is 0.122. The number of halogens is 4. The maximum atomic E-state index is 13.1. The zero-order valence-electron chi connectivity index (χ0n) is 15.5. The highest BCUT2D eigenvalue weighted by molar-refractivity contribution is 7.11. The summed E-state index contributed by atoms with van der Waals surface area (Å²) in [5.41, 5.74) is 0.274. The smallest absolute Gasteiger partial charge is 0.368 e. The molecule has 3 aromatic rings. The van der Waals surface area contributed by atoms with Gasteiger partial charge in [0.15, 0.2) is 10.8 Å². The Morgan fingerprint density at radius 1 is 1.00 bits per heavy atom. The second-order valence-corrected chi connectivity index (χ2v) is 7.75. The first kappa shape index (κ1) is 20.3. The molecule has 0 unspecified atom stereocenters. The van der Waals surface area contributed by atoms with E-state index >= 15 is 0 Å². The standard InChI is InChI=1S/C18H16F4N6OS/c19-12-1-3-13(4-2-12)26-5-7-27(8-6-26)15-10-24-28(17(29)25-15)11-14-9-23-16(30-14)18(20,21)22/h1-4,9-10H,5-8,11H2. The van der Waals surface area contributed by atoms with Crippen LogP contribution in [0.25, 0.3) is 0 Å². The molecule has 2 aromatic heterocycles. The number of thiazole rings is 1. The summed E-state index contributed by atoms with van der Waals surface area (Å²) in [5, 5.41) is 3.09. The zero-order chi connectivity index (χ0) is 21.3. The van der Waals surface area contributed by atoms with Gasteiger partial charge in [-0.05, 0) is 24.3 Å². The molecule has 0 radical (unpaired) electrons. The van der Waals surface area contributed by atoms with Gasteiger partial charge in [0.1, 0.15) is 5.82 Å². The van der Waals surface area contributed by atoms with E-state index in [0.29, 0.717) is 43.3 Å². The molecule has 12 heteroatoms. The molecule has 0 N–H and O–H groups in total. The minimum absolute atomic E-state index is 0.127. The Bertz CT molecular complexity index is 1070. The number of rotatable bonds is 4. The van der Waals surface area contributed by atoms with Crippen molar-refractivity contribution in [3.8, 4) is 0 Å². The van der Waals surface area contributed by atoms with E-state index in [9.17, 15) is 22.4 Å². The Morgan fingerprint density at radius 2 is 1.67 bits per heavy atom. The van der Waals surface area contributed by atoms with Crippen LogP contribution in [0.5, 0.6) is 0 Å². The van der Waals surface area contributed by atoms with Gasteiger partial charge in [0.05, 0.1) is 12.7 Å². The first-order chi connectivity index (χ1) is 14.3. The number of nitrogens with zero attached hydrogens (tertiary/aromatic N) is 6. The second kappa shape index (κ2) is 8.01. The SMILES string of the molecule is O=c1nc(N2CCN(c3ccc(F)cc3)CC2)cnn1Cc1cnc(C(F)(F)F)s1. The summed E-state index contributed by atoms with van der Waals surface area (Å²) in [4.78, 5) is 23.9. The van der Waals surface area contributed by atoms with Crippen LogP contribution in [0.15, 0.2) is 41.5 Å². The van der Waals surface area contributed by atoms with E-state index in [4.69, 9.17) is 0 Å². The Balaban J connectivity index is 1.40. The summed E-state index contributed by atoms with van der Waals surface area (Å²) in [6.07, 6.45) is -2.00. The number of hydrogen-bond acceptors (Lipinski definition) is 7. The summed E-state index contributed by atoms with van der Waals surface area (Å²) in [6, 6.07) is 6.26. The maximum absolute atomic E-state index is 13.1. The number of anilines is 2. The van der Waals surface area contributed by atoms with Gasteiger partial charge in [-0.1, -0.05) is 0 Å². The van der Waals surface area contributed by atoms with Gasteiger partial charge in [-0.3, -0.25) is 0 Å². The minimum Gasteiger partial charge on any atom is -0.368 e. The van der Waals surface area contributed by atoms with Crippen LogP contribution in [-0.4, -0.2) is 45.9 Å². The summed E-state index contributed by atoms with van der Waals surface area (Å²) in [7, 11) is 0. The van der Waals surface area contributed by atoms with Crippen LogP contribution in [0, 0.1) is 5.82 Å². The molecule has 1 saturated heterocycles. The average Bonchev–Trinajstić information content (AvgIpc) is 3.20. The molecule has 3 heterocycles. The molecule has 0 amide bonds. The molecule has 1 aromatic carbocycles. The van der Waals surface area contributed by atoms with Crippen molar-refractivity contribution >= 4 is 22.8 Å². The Hall–Kier alpha value is -3.02. The van der Waals surface area contributed by atoms with Gasteiger partial charge >= 0.3 is 11.9 Å². The van der Waals surface area contributed by atoms with Crippen molar-refractivity contribution in [2.75, 3.05) is 36.0 Å². The third kappa shape index (κ3) is 4.42. The van der Waals surface area contributed by atoms with Crippen molar-refractivity contribution < 1.29 is 17.6 Å². The summed E-state index contributed by atoms with van der Waals surface area (Å²) >= 11 is 0.472. The monoisotopic (exact) mass is 440 g/mol. The number of aromatic nitrogens is 4. The van der Waals surface area contributed by atoms with E-state index in [1.807, 2.05) is 4.90 Å². The highest BCUT2D eigenvalue weighted by atomic mass is 32.1. The van der Waals surface area contributed by atoms with Crippen molar-refractivity contribution in [3.05, 3.63) is 62.8 Å². The molecule has 0 aliphatic carbocycles. The van der Waals surface area contributed by atoms with Crippen molar-refractivity contribution in [1.29, 1.82) is 0 Å². The van der Waals surface area contributed by atoms with Gasteiger partial charge < -0.3 is 9.80 Å². The van der Waals surface area contributed by atoms with Gasteiger partial charge in [-0.2, -0.15) is 23.3 Å². The fourth-order valence-corrected chi connectivity index (χ4v) is 3.88.